The number of unbranched alkanes of at least 4 members (excludes halogenated alkanes) is 18. The van der Waals surface area contributed by atoms with Crippen molar-refractivity contribution in [3.05, 3.63) is 90.3 Å². The van der Waals surface area contributed by atoms with Gasteiger partial charge >= 0.3 is 5.97 Å². The smallest absolute Gasteiger partial charge is 0.336 e. The molecule has 0 aliphatic heterocycles. The summed E-state index contributed by atoms with van der Waals surface area (Å²) in [5.74, 6) is 2.31. The van der Waals surface area contributed by atoms with Crippen LogP contribution in [0.5, 0.6) is 17.2 Å². The molecule has 0 aliphatic rings. The zero-order valence-electron chi connectivity index (χ0n) is 37.9. The predicted molar refractivity (Wildman–Crippen MR) is 251 cm³/mol. The Morgan fingerprint density at radius 1 is 0.467 bits per heavy atom. The summed E-state index contributed by atoms with van der Waals surface area (Å²) in [5, 5.41) is 9.59. The molecule has 4 rings (SSSR count). The van der Waals surface area contributed by atoms with Gasteiger partial charge in [0, 0.05) is 18.0 Å². The van der Waals surface area contributed by atoms with E-state index >= 15 is 0 Å². The molecule has 4 aromatic rings. The Bertz CT molecular complexity index is 1600. The summed E-state index contributed by atoms with van der Waals surface area (Å²) in [7, 11) is 0. The Hall–Kier alpha value is -4.39. The molecule has 0 atom stereocenters. The number of aromatic carboxylic acids is 1. The second kappa shape index (κ2) is 32.4. The van der Waals surface area contributed by atoms with Crippen LogP contribution < -0.4 is 14.2 Å². The van der Waals surface area contributed by atoms with Gasteiger partial charge in [0.15, 0.2) is 5.82 Å². The number of ether oxygens (including phenoxy) is 3. The van der Waals surface area contributed by atoms with Gasteiger partial charge in [0.1, 0.15) is 17.2 Å². The third-order valence-electron chi connectivity index (χ3n) is 10.8. The molecule has 0 radical (unpaired) electrons. The molecule has 0 unspecified atom stereocenters. The highest BCUT2D eigenvalue weighted by atomic mass is 16.5. The van der Waals surface area contributed by atoms with E-state index in [2.05, 4.69) is 49.8 Å². The number of carbonyl (C=O) groups is 1. The number of carboxylic acid groups (broad SMARTS) is 1. The van der Waals surface area contributed by atoms with Gasteiger partial charge in [-0.15, -0.1) is 0 Å². The second-order valence-electron chi connectivity index (χ2n) is 16.1. The zero-order valence-corrected chi connectivity index (χ0v) is 37.9. The van der Waals surface area contributed by atoms with Crippen molar-refractivity contribution < 1.29 is 24.1 Å². The topological polar surface area (TPSA) is 90.8 Å². The van der Waals surface area contributed by atoms with Crippen LogP contribution in [0.4, 0.5) is 0 Å². The van der Waals surface area contributed by atoms with Gasteiger partial charge < -0.3 is 19.3 Å². The largest absolute Gasteiger partial charge is 0.494 e. The average Bonchev–Trinajstić information content (AvgIpc) is 3.28. The van der Waals surface area contributed by atoms with E-state index in [0.717, 1.165) is 73.6 Å². The lowest BCUT2D eigenvalue weighted by molar-refractivity contribution is 0.0697. The molecule has 330 valence electrons. The molecule has 0 spiro atoms. The summed E-state index contributed by atoms with van der Waals surface area (Å²) in [5.41, 5.74) is 4.08. The number of benzene rings is 3. The van der Waals surface area contributed by atoms with Crippen LogP contribution in [0.2, 0.25) is 0 Å². The maximum atomic E-state index is 11.7. The maximum Gasteiger partial charge on any atom is 0.336 e. The van der Waals surface area contributed by atoms with E-state index in [1.807, 2.05) is 54.9 Å². The van der Waals surface area contributed by atoms with Crippen molar-refractivity contribution in [2.75, 3.05) is 19.8 Å². The number of hydrogen-bond acceptors (Lipinski definition) is 6. The van der Waals surface area contributed by atoms with Gasteiger partial charge in [0.2, 0.25) is 0 Å². The molecular formula is C53H78N2O5. The van der Waals surface area contributed by atoms with Crippen LogP contribution >= 0.6 is 0 Å². The molecule has 1 N–H and O–H groups in total. The number of aromatic nitrogens is 2. The van der Waals surface area contributed by atoms with Crippen molar-refractivity contribution >= 4 is 5.97 Å². The molecule has 1 aromatic heterocycles. The van der Waals surface area contributed by atoms with E-state index in [9.17, 15) is 9.90 Å². The summed E-state index contributed by atoms with van der Waals surface area (Å²) in [4.78, 5) is 20.9. The Kier molecular flexibility index (Phi) is 27.0. The van der Waals surface area contributed by atoms with E-state index in [4.69, 9.17) is 14.2 Å². The van der Waals surface area contributed by atoms with Gasteiger partial charge in [-0.25, -0.2) is 14.8 Å². The van der Waals surface area contributed by atoms with Gasteiger partial charge in [-0.1, -0.05) is 155 Å². The Morgan fingerprint density at radius 3 is 1.33 bits per heavy atom. The SMILES string of the molecule is CCCCCCCCCc1cnc(-c2ccc(OCCCCCCCC)cc2)nc1.CCCCCCCCOc1ccc(C(=O)O)c(-c2ccc(OCCCCC)cc2)c1. The predicted octanol–water partition coefficient (Wildman–Crippen LogP) is 15.5. The first-order valence-corrected chi connectivity index (χ1v) is 23.8. The average molecular weight is 823 g/mol. The molecule has 0 saturated carbocycles. The van der Waals surface area contributed by atoms with Crippen LogP contribution in [-0.4, -0.2) is 40.9 Å². The first-order chi connectivity index (χ1) is 29.5. The number of hydrogen-bond donors (Lipinski definition) is 1. The molecule has 7 heteroatoms. The molecule has 7 nitrogen and oxygen atoms in total. The highest BCUT2D eigenvalue weighted by Crippen LogP contribution is 2.30. The van der Waals surface area contributed by atoms with Gasteiger partial charge in [-0.2, -0.15) is 0 Å². The Balaban J connectivity index is 0.000000320. The van der Waals surface area contributed by atoms with Crippen LogP contribution in [-0.2, 0) is 6.42 Å². The van der Waals surface area contributed by atoms with Crippen molar-refractivity contribution in [1.82, 2.24) is 9.97 Å². The summed E-state index contributed by atoms with van der Waals surface area (Å²) in [6.07, 6.45) is 32.8. The molecule has 60 heavy (non-hydrogen) atoms. The Morgan fingerprint density at radius 2 is 0.850 bits per heavy atom. The second-order valence-corrected chi connectivity index (χ2v) is 16.1. The minimum atomic E-state index is -0.938. The van der Waals surface area contributed by atoms with Crippen molar-refractivity contribution in [3.8, 4) is 39.8 Å². The standard InChI is InChI=1S/C27H42N2O.C26H36O4/c1-3-5-7-9-11-12-14-16-24-22-28-27(29-23-24)25-17-19-26(20-18-25)30-21-15-13-10-8-6-4-2;1-3-5-7-8-9-11-19-30-23-16-17-24(26(27)28)25(20-23)21-12-14-22(15-13-21)29-18-10-6-4-2/h17-20,22-23H,3-16,21H2,1-2H3;12-17,20H,3-11,18-19H2,1-2H3,(H,27,28). The van der Waals surface area contributed by atoms with E-state index < -0.39 is 5.97 Å². The number of rotatable bonds is 32. The molecule has 0 fully saturated rings. The van der Waals surface area contributed by atoms with Crippen molar-refractivity contribution in [3.63, 3.8) is 0 Å². The minimum absolute atomic E-state index is 0.276. The molecule has 0 bridgehead atoms. The summed E-state index contributed by atoms with van der Waals surface area (Å²) in [6, 6.07) is 21.0. The van der Waals surface area contributed by atoms with E-state index in [1.165, 1.54) is 115 Å². The third-order valence-corrected chi connectivity index (χ3v) is 10.8. The van der Waals surface area contributed by atoms with Crippen LogP contribution in [0.3, 0.4) is 0 Å². The number of aryl methyl sites for hydroxylation is 1. The fraction of sp³-hybridized carbons (Fsp3) is 0.566. The minimum Gasteiger partial charge on any atom is -0.494 e. The fourth-order valence-corrected chi connectivity index (χ4v) is 7.08. The summed E-state index contributed by atoms with van der Waals surface area (Å²) in [6.45, 7) is 11.1. The van der Waals surface area contributed by atoms with Crippen LogP contribution in [0, 0.1) is 0 Å². The Labute approximate surface area is 364 Å². The fourth-order valence-electron chi connectivity index (χ4n) is 7.08. The summed E-state index contributed by atoms with van der Waals surface area (Å²) >= 11 is 0. The molecule has 0 aliphatic carbocycles. The lowest BCUT2D eigenvalue weighted by Crippen LogP contribution is -2.02. The number of carboxylic acids is 1. The normalized spacial score (nSPS) is 10.9. The van der Waals surface area contributed by atoms with Gasteiger partial charge in [0.25, 0.3) is 0 Å². The van der Waals surface area contributed by atoms with Gasteiger partial charge in [0.05, 0.1) is 25.4 Å². The van der Waals surface area contributed by atoms with E-state index in [0.29, 0.717) is 24.5 Å². The van der Waals surface area contributed by atoms with Crippen molar-refractivity contribution in [2.45, 2.75) is 175 Å². The molecule has 0 saturated heterocycles. The summed E-state index contributed by atoms with van der Waals surface area (Å²) < 4.78 is 17.5. The molecular weight excluding hydrogens is 745 g/mol. The van der Waals surface area contributed by atoms with E-state index in [1.54, 1.807) is 12.1 Å². The van der Waals surface area contributed by atoms with Crippen LogP contribution in [0.1, 0.15) is 185 Å². The quantitative estimate of drug-likeness (QED) is 0.0491. The van der Waals surface area contributed by atoms with Crippen molar-refractivity contribution in [2.24, 2.45) is 0 Å². The lowest BCUT2D eigenvalue weighted by atomic mass is 9.99. The maximum absolute atomic E-state index is 11.7. The monoisotopic (exact) mass is 823 g/mol. The third kappa shape index (κ3) is 21.2. The molecule has 3 aromatic carbocycles. The molecule has 1 heterocycles. The number of nitrogens with zero attached hydrogens (tertiary/aromatic N) is 2. The van der Waals surface area contributed by atoms with E-state index in [-0.39, 0.29) is 5.56 Å². The van der Waals surface area contributed by atoms with Gasteiger partial charge in [-0.05, 0) is 103 Å². The zero-order chi connectivity index (χ0) is 42.9. The lowest BCUT2D eigenvalue weighted by Gasteiger charge is -2.12. The van der Waals surface area contributed by atoms with Gasteiger partial charge in [-0.3, -0.25) is 0 Å². The highest BCUT2D eigenvalue weighted by molar-refractivity contribution is 5.96. The molecule has 0 amide bonds. The van der Waals surface area contributed by atoms with Crippen LogP contribution in [0.25, 0.3) is 22.5 Å². The highest BCUT2D eigenvalue weighted by Gasteiger charge is 2.14. The van der Waals surface area contributed by atoms with Crippen LogP contribution in [0.15, 0.2) is 79.1 Å². The van der Waals surface area contributed by atoms with Crippen molar-refractivity contribution in [1.29, 1.82) is 0 Å². The first-order valence-electron chi connectivity index (χ1n) is 23.8. The first kappa shape index (κ1) is 50.0.